The first-order chi connectivity index (χ1) is 15.6. The Kier molecular flexibility index (Phi) is 5.53. The molecule has 32 heavy (non-hydrogen) atoms. The van der Waals surface area contributed by atoms with E-state index in [1.807, 2.05) is 25.2 Å². The van der Waals surface area contributed by atoms with E-state index in [1.165, 1.54) is 12.1 Å². The SMILES string of the molecule is Cn1nccc1-c1nnc(N2CCC(NCc3ccc(F)cc3F)CC2)c2ccccc12. The molecule has 0 saturated carbocycles. The molecule has 6 nitrogen and oxygen atoms in total. The first-order valence-electron chi connectivity index (χ1n) is 10.8. The van der Waals surface area contributed by atoms with Gasteiger partial charge in [-0.25, -0.2) is 8.78 Å². The second kappa shape index (κ2) is 8.63. The van der Waals surface area contributed by atoms with Crippen molar-refractivity contribution in [2.45, 2.75) is 25.4 Å². The zero-order chi connectivity index (χ0) is 22.1. The quantitative estimate of drug-likeness (QED) is 0.513. The number of anilines is 1. The van der Waals surface area contributed by atoms with Crippen molar-refractivity contribution in [1.29, 1.82) is 0 Å². The topological polar surface area (TPSA) is 58.9 Å². The van der Waals surface area contributed by atoms with Crippen LogP contribution in [-0.4, -0.2) is 39.1 Å². The molecule has 0 atom stereocenters. The molecule has 0 aliphatic carbocycles. The van der Waals surface area contributed by atoms with Crippen LogP contribution in [0, 0.1) is 11.6 Å². The van der Waals surface area contributed by atoms with Crippen LogP contribution in [0.2, 0.25) is 0 Å². The molecule has 1 N–H and O–H groups in total. The first kappa shape index (κ1) is 20.5. The van der Waals surface area contributed by atoms with Crippen LogP contribution < -0.4 is 10.2 Å². The Morgan fingerprint density at radius 2 is 1.78 bits per heavy atom. The Hall–Kier alpha value is -3.39. The number of fused-ring (bicyclic) bond motifs is 1. The summed E-state index contributed by atoms with van der Waals surface area (Å²) in [5.41, 5.74) is 2.23. The standard InChI is InChI=1S/C24H24F2N6/c1-31-22(8-11-28-31)23-19-4-2-3-5-20(19)24(30-29-23)32-12-9-18(10-13-32)27-15-16-6-7-17(25)14-21(16)26/h2-8,11,14,18,27H,9-10,12-13,15H2,1H3. The van der Waals surface area contributed by atoms with Gasteiger partial charge in [-0.05, 0) is 25.0 Å². The highest BCUT2D eigenvalue weighted by atomic mass is 19.1. The smallest absolute Gasteiger partial charge is 0.159 e. The molecular weight excluding hydrogens is 410 g/mol. The lowest BCUT2D eigenvalue weighted by atomic mass is 10.0. The van der Waals surface area contributed by atoms with Crippen LogP contribution in [0.3, 0.4) is 0 Å². The summed E-state index contributed by atoms with van der Waals surface area (Å²) >= 11 is 0. The number of halogens is 2. The van der Waals surface area contributed by atoms with Crippen molar-refractivity contribution in [2.75, 3.05) is 18.0 Å². The molecule has 1 fully saturated rings. The van der Waals surface area contributed by atoms with Crippen molar-refractivity contribution >= 4 is 16.6 Å². The minimum Gasteiger partial charge on any atom is -0.354 e. The molecule has 5 rings (SSSR count). The summed E-state index contributed by atoms with van der Waals surface area (Å²) in [4.78, 5) is 2.26. The minimum atomic E-state index is -0.553. The summed E-state index contributed by atoms with van der Waals surface area (Å²) in [5.74, 6) is -0.179. The average Bonchev–Trinajstić information content (AvgIpc) is 3.24. The molecule has 4 aromatic rings. The summed E-state index contributed by atoms with van der Waals surface area (Å²) in [6, 6.07) is 14.1. The van der Waals surface area contributed by atoms with Crippen molar-refractivity contribution in [2.24, 2.45) is 7.05 Å². The lowest BCUT2D eigenvalue weighted by Crippen LogP contribution is -2.42. The Morgan fingerprint density at radius 3 is 2.50 bits per heavy atom. The summed E-state index contributed by atoms with van der Waals surface area (Å²) in [6.45, 7) is 2.04. The fourth-order valence-corrected chi connectivity index (χ4v) is 4.33. The Labute approximate surface area is 184 Å². The lowest BCUT2D eigenvalue weighted by Gasteiger charge is -2.33. The van der Waals surface area contributed by atoms with E-state index in [2.05, 4.69) is 37.6 Å². The van der Waals surface area contributed by atoms with Crippen LogP contribution in [0.15, 0.2) is 54.7 Å². The summed E-state index contributed by atoms with van der Waals surface area (Å²) < 4.78 is 28.8. The maximum atomic E-state index is 13.9. The summed E-state index contributed by atoms with van der Waals surface area (Å²) in [7, 11) is 1.90. The number of piperidine rings is 1. The number of nitrogens with zero attached hydrogens (tertiary/aromatic N) is 5. The maximum Gasteiger partial charge on any atom is 0.159 e. The van der Waals surface area contributed by atoms with Crippen molar-refractivity contribution in [3.63, 3.8) is 0 Å². The molecule has 2 aromatic heterocycles. The van der Waals surface area contributed by atoms with Crippen LogP contribution in [-0.2, 0) is 13.6 Å². The third-order valence-corrected chi connectivity index (χ3v) is 6.12. The zero-order valence-electron chi connectivity index (χ0n) is 17.8. The molecule has 8 heteroatoms. The molecule has 0 amide bonds. The van der Waals surface area contributed by atoms with Crippen LogP contribution in [0.5, 0.6) is 0 Å². The van der Waals surface area contributed by atoms with Crippen molar-refractivity contribution in [3.05, 3.63) is 71.9 Å². The van der Waals surface area contributed by atoms with Crippen LogP contribution in [0.1, 0.15) is 18.4 Å². The molecule has 1 aliphatic heterocycles. The molecule has 0 bridgehead atoms. The first-order valence-corrected chi connectivity index (χ1v) is 10.8. The molecule has 0 spiro atoms. The molecular formula is C24H24F2N6. The van der Waals surface area contributed by atoms with Gasteiger partial charge in [0, 0.05) is 61.3 Å². The average molecular weight is 434 g/mol. The van der Waals surface area contributed by atoms with Crippen molar-refractivity contribution in [3.8, 4) is 11.4 Å². The van der Waals surface area contributed by atoms with Gasteiger partial charge in [-0.1, -0.05) is 30.3 Å². The number of nitrogens with one attached hydrogen (secondary N) is 1. The summed E-state index contributed by atoms with van der Waals surface area (Å²) in [5, 5.41) is 18.9. The molecule has 0 unspecified atom stereocenters. The second-order valence-corrected chi connectivity index (χ2v) is 8.14. The number of aromatic nitrogens is 4. The highest BCUT2D eigenvalue weighted by Crippen LogP contribution is 2.32. The Balaban J connectivity index is 1.31. The second-order valence-electron chi connectivity index (χ2n) is 8.14. The van der Waals surface area contributed by atoms with E-state index in [9.17, 15) is 8.78 Å². The number of aryl methyl sites for hydroxylation is 1. The van der Waals surface area contributed by atoms with E-state index >= 15 is 0 Å². The highest BCUT2D eigenvalue weighted by molar-refractivity contribution is 5.99. The van der Waals surface area contributed by atoms with E-state index in [-0.39, 0.29) is 6.04 Å². The van der Waals surface area contributed by atoms with Crippen molar-refractivity contribution in [1.82, 2.24) is 25.3 Å². The number of hydrogen-bond acceptors (Lipinski definition) is 5. The molecule has 164 valence electrons. The fraction of sp³-hybridized carbons (Fsp3) is 0.292. The Morgan fingerprint density at radius 1 is 1.00 bits per heavy atom. The largest absolute Gasteiger partial charge is 0.354 e. The number of rotatable bonds is 5. The van der Waals surface area contributed by atoms with Gasteiger partial charge in [0.2, 0.25) is 0 Å². The molecule has 1 aliphatic rings. The summed E-state index contributed by atoms with van der Waals surface area (Å²) in [6.07, 6.45) is 3.57. The van der Waals surface area contributed by atoms with Gasteiger partial charge in [0.25, 0.3) is 0 Å². The fourth-order valence-electron chi connectivity index (χ4n) is 4.33. The predicted molar refractivity (Wildman–Crippen MR) is 120 cm³/mol. The molecule has 2 aromatic carbocycles. The van der Waals surface area contributed by atoms with E-state index < -0.39 is 11.6 Å². The molecule has 0 radical (unpaired) electrons. The van der Waals surface area contributed by atoms with E-state index in [4.69, 9.17) is 0 Å². The van der Waals surface area contributed by atoms with E-state index in [0.717, 1.165) is 60.0 Å². The lowest BCUT2D eigenvalue weighted by molar-refractivity contribution is 0.408. The van der Waals surface area contributed by atoms with Crippen LogP contribution >= 0.6 is 0 Å². The van der Waals surface area contributed by atoms with E-state index in [1.54, 1.807) is 10.9 Å². The van der Waals surface area contributed by atoms with Crippen LogP contribution in [0.25, 0.3) is 22.2 Å². The van der Waals surface area contributed by atoms with Gasteiger partial charge < -0.3 is 10.2 Å². The van der Waals surface area contributed by atoms with Gasteiger partial charge in [0.15, 0.2) is 5.82 Å². The van der Waals surface area contributed by atoms with Gasteiger partial charge >= 0.3 is 0 Å². The normalized spacial score (nSPS) is 14.9. The minimum absolute atomic E-state index is 0.267. The van der Waals surface area contributed by atoms with E-state index in [0.29, 0.717) is 12.1 Å². The Bertz CT molecular complexity index is 1250. The van der Waals surface area contributed by atoms with Crippen LogP contribution in [0.4, 0.5) is 14.6 Å². The molecule has 1 saturated heterocycles. The zero-order valence-corrected chi connectivity index (χ0v) is 17.8. The highest BCUT2D eigenvalue weighted by Gasteiger charge is 2.23. The van der Waals surface area contributed by atoms with Gasteiger partial charge in [0.1, 0.15) is 17.3 Å². The molecule has 3 heterocycles. The van der Waals surface area contributed by atoms with Gasteiger partial charge in [-0.3, -0.25) is 4.68 Å². The predicted octanol–water partition coefficient (Wildman–Crippen LogP) is 4.07. The van der Waals surface area contributed by atoms with Gasteiger partial charge in [-0.2, -0.15) is 5.10 Å². The van der Waals surface area contributed by atoms with Gasteiger partial charge in [-0.15, -0.1) is 10.2 Å². The maximum absolute atomic E-state index is 13.9. The number of benzene rings is 2. The van der Waals surface area contributed by atoms with Crippen molar-refractivity contribution < 1.29 is 8.78 Å². The third kappa shape index (κ3) is 3.93. The number of hydrogen-bond donors (Lipinski definition) is 1. The van der Waals surface area contributed by atoms with Gasteiger partial charge in [0.05, 0.1) is 5.69 Å². The monoisotopic (exact) mass is 434 g/mol. The third-order valence-electron chi connectivity index (χ3n) is 6.12.